The molecule has 0 fully saturated rings. The zero-order chi connectivity index (χ0) is 21.3. The topological polar surface area (TPSA) is 53.7 Å². The molecule has 0 aliphatic heterocycles. The van der Waals surface area contributed by atoms with Gasteiger partial charge in [0.2, 0.25) is 11.2 Å². The normalized spacial score (nSPS) is 12.1. The molecule has 154 valence electrons. The van der Waals surface area contributed by atoms with E-state index in [0.717, 1.165) is 0 Å². The predicted molar refractivity (Wildman–Crippen MR) is 109 cm³/mol. The van der Waals surface area contributed by atoms with Gasteiger partial charge in [0.1, 0.15) is 11.3 Å². The second kappa shape index (κ2) is 8.20. The van der Waals surface area contributed by atoms with Crippen molar-refractivity contribution in [3.8, 4) is 16.9 Å². The molecule has 1 aromatic heterocycles. The quantitative estimate of drug-likeness (QED) is 0.513. The molecule has 0 saturated carbocycles. The highest BCUT2D eigenvalue weighted by Crippen LogP contribution is 2.39. The molecule has 0 atom stereocenters. The summed E-state index contributed by atoms with van der Waals surface area (Å²) >= 11 is 3.23. The summed E-state index contributed by atoms with van der Waals surface area (Å²) in [6, 6.07) is 8.58. The van der Waals surface area contributed by atoms with Crippen molar-refractivity contribution in [2.75, 3.05) is 13.1 Å². The van der Waals surface area contributed by atoms with Gasteiger partial charge in [-0.2, -0.15) is 13.2 Å². The fraction of sp³-hybridized carbons (Fsp3) is 0.286. The van der Waals surface area contributed by atoms with Crippen LogP contribution in [0.5, 0.6) is 5.75 Å². The lowest BCUT2D eigenvalue weighted by Gasteiger charge is -2.20. The lowest BCUT2D eigenvalue weighted by atomic mass is 10.00. The summed E-state index contributed by atoms with van der Waals surface area (Å²) < 4.78 is 47.5. The van der Waals surface area contributed by atoms with Crippen molar-refractivity contribution in [2.24, 2.45) is 0 Å². The molecule has 0 aliphatic rings. The molecular formula is C21H19BrF3NO3. The maximum absolute atomic E-state index is 13.8. The maximum atomic E-state index is 13.8. The Hall–Kier alpha value is -2.32. The highest BCUT2D eigenvalue weighted by molar-refractivity contribution is 9.10. The number of aromatic hydroxyl groups is 1. The molecule has 29 heavy (non-hydrogen) atoms. The minimum atomic E-state index is -4.88. The van der Waals surface area contributed by atoms with Gasteiger partial charge in [0.05, 0.1) is 16.5 Å². The fourth-order valence-electron chi connectivity index (χ4n) is 3.21. The Morgan fingerprint density at radius 2 is 1.69 bits per heavy atom. The molecule has 8 heteroatoms. The first kappa shape index (κ1) is 21.4. The summed E-state index contributed by atoms with van der Waals surface area (Å²) in [4.78, 5) is 15.0. The number of rotatable bonds is 5. The Labute approximate surface area is 173 Å². The summed E-state index contributed by atoms with van der Waals surface area (Å²) in [5.74, 6) is -1.58. The number of hydrogen-bond donors (Lipinski definition) is 1. The number of hydrogen-bond acceptors (Lipinski definition) is 4. The van der Waals surface area contributed by atoms with Crippen LogP contribution in [0.15, 0.2) is 50.1 Å². The molecule has 3 aromatic rings. The Bertz CT molecular complexity index is 1090. The van der Waals surface area contributed by atoms with Gasteiger partial charge in [-0.3, -0.25) is 9.69 Å². The molecule has 0 bridgehead atoms. The monoisotopic (exact) mass is 469 g/mol. The van der Waals surface area contributed by atoms with Gasteiger partial charge in [0.25, 0.3) is 0 Å². The average molecular weight is 470 g/mol. The number of nitrogens with zero attached hydrogens (tertiary/aromatic N) is 1. The van der Waals surface area contributed by atoms with Gasteiger partial charge >= 0.3 is 6.18 Å². The van der Waals surface area contributed by atoms with E-state index >= 15 is 0 Å². The first-order chi connectivity index (χ1) is 13.7. The zero-order valence-corrected chi connectivity index (χ0v) is 17.4. The van der Waals surface area contributed by atoms with E-state index in [1.807, 2.05) is 18.7 Å². The third-order valence-corrected chi connectivity index (χ3v) is 5.33. The van der Waals surface area contributed by atoms with Crippen molar-refractivity contribution < 1.29 is 22.7 Å². The zero-order valence-electron chi connectivity index (χ0n) is 15.8. The van der Waals surface area contributed by atoms with Crippen LogP contribution in [0.3, 0.4) is 0 Å². The van der Waals surface area contributed by atoms with Gasteiger partial charge in [-0.15, -0.1) is 0 Å². The Morgan fingerprint density at radius 3 is 2.24 bits per heavy atom. The second-order valence-corrected chi connectivity index (χ2v) is 7.46. The minimum Gasteiger partial charge on any atom is -0.507 e. The molecular weight excluding hydrogens is 451 g/mol. The summed E-state index contributed by atoms with van der Waals surface area (Å²) in [6.45, 7) is 5.20. The Morgan fingerprint density at radius 1 is 1.07 bits per heavy atom. The fourth-order valence-corrected chi connectivity index (χ4v) is 3.47. The molecule has 0 unspecified atom stereocenters. The highest BCUT2D eigenvalue weighted by Gasteiger charge is 2.39. The van der Waals surface area contributed by atoms with Crippen molar-refractivity contribution in [3.63, 3.8) is 0 Å². The van der Waals surface area contributed by atoms with E-state index < -0.39 is 22.9 Å². The molecule has 0 amide bonds. The van der Waals surface area contributed by atoms with Gasteiger partial charge in [0.15, 0.2) is 0 Å². The van der Waals surface area contributed by atoms with Crippen LogP contribution in [-0.4, -0.2) is 23.1 Å². The van der Waals surface area contributed by atoms with E-state index in [-0.39, 0.29) is 34.4 Å². The number of fused-ring (bicyclic) bond motifs is 1. The van der Waals surface area contributed by atoms with Crippen molar-refractivity contribution in [2.45, 2.75) is 26.6 Å². The molecule has 1 N–H and O–H groups in total. The van der Waals surface area contributed by atoms with Gasteiger partial charge in [0, 0.05) is 11.0 Å². The van der Waals surface area contributed by atoms with Crippen LogP contribution in [0, 0.1) is 0 Å². The molecule has 0 spiro atoms. The van der Waals surface area contributed by atoms with E-state index in [9.17, 15) is 23.1 Å². The van der Waals surface area contributed by atoms with Gasteiger partial charge in [-0.05, 0) is 42.9 Å². The number of benzene rings is 2. The summed E-state index contributed by atoms with van der Waals surface area (Å²) in [5.41, 5.74) is -1.31. The van der Waals surface area contributed by atoms with Gasteiger partial charge in [-0.1, -0.05) is 41.9 Å². The third kappa shape index (κ3) is 4.18. The first-order valence-electron chi connectivity index (χ1n) is 9.04. The third-order valence-electron chi connectivity index (χ3n) is 4.81. The van der Waals surface area contributed by atoms with E-state index in [1.54, 1.807) is 12.1 Å². The van der Waals surface area contributed by atoms with Crippen molar-refractivity contribution >= 4 is 26.9 Å². The summed E-state index contributed by atoms with van der Waals surface area (Å²) in [5, 5.41) is 10.3. The average Bonchev–Trinajstić information content (AvgIpc) is 2.67. The van der Waals surface area contributed by atoms with Crippen molar-refractivity contribution in [1.82, 2.24) is 4.90 Å². The molecule has 0 saturated heterocycles. The van der Waals surface area contributed by atoms with Crippen LogP contribution in [0.25, 0.3) is 22.1 Å². The van der Waals surface area contributed by atoms with Crippen LogP contribution in [0.1, 0.15) is 25.2 Å². The van der Waals surface area contributed by atoms with Crippen LogP contribution >= 0.6 is 15.9 Å². The SMILES string of the molecule is CCN(CC)Cc1c(O)ccc2c(=O)c(-c3ccc(Br)cc3)c(C(F)(F)F)oc12. The lowest BCUT2D eigenvalue weighted by Crippen LogP contribution is -2.23. The maximum Gasteiger partial charge on any atom is 0.450 e. The van der Waals surface area contributed by atoms with E-state index in [0.29, 0.717) is 17.6 Å². The van der Waals surface area contributed by atoms with Crippen LogP contribution in [0.4, 0.5) is 13.2 Å². The predicted octanol–water partition coefficient (Wildman–Crippen LogP) is 5.79. The largest absolute Gasteiger partial charge is 0.507 e. The van der Waals surface area contributed by atoms with Crippen LogP contribution in [-0.2, 0) is 12.7 Å². The van der Waals surface area contributed by atoms with E-state index in [1.165, 1.54) is 24.3 Å². The number of halogens is 4. The highest BCUT2D eigenvalue weighted by atomic mass is 79.9. The Balaban J connectivity index is 2.37. The van der Waals surface area contributed by atoms with Crippen molar-refractivity contribution in [3.05, 3.63) is 62.4 Å². The summed E-state index contributed by atoms with van der Waals surface area (Å²) in [7, 11) is 0. The van der Waals surface area contributed by atoms with E-state index in [4.69, 9.17) is 4.42 Å². The second-order valence-electron chi connectivity index (χ2n) is 6.54. The smallest absolute Gasteiger partial charge is 0.450 e. The van der Waals surface area contributed by atoms with Gasteiger partial charge in [-0.25, -0.2) is 0 Å². The van der Waals surface area contributed by atoms with Crippen LogP contribution < -0.4 is 5.43 Å². The number of alkyl halides is 3. The Kier molecular flexibility index (Phi) is 6.05. The number of phenolic OH excluding ortho intramolecular Hbond substituents is 1. The van der Waals surface area contributed by atoms with Crippen molar-refractivity contribution in [1.29, 1.82) is 0 Å². The molecule has 0 radical (unpaired) electrons. The lowest BCUT2D eigenvalue weighted by molar-refractivity contribution is -0.152. The first-order valence-corrected chi connectivity index (χ1v) is 9.83. The minimum absolute atomic E-state index is 0.00382. The summed E-state index contributed by atoms with van der Waals surface area (Å²) in [6.07, 6.45) is -4.88. The molecule has 3 rings (SSSR count). The molecule has 4 nitrogen and oxygen atoms in total. The van der Waals surface area contributed by atoms with Gasteiger partial charge < -0.3 is 9.52 Å². The molecule has 2 aromatic carbocycles. The molecule has 1 heterocycles. The number of phenols is 1. The van der Waals surface area contributed by atoms with E-state index in [2.05, 4.69) is 15.9 Å². The standard InChI is InChI=1S/C21H19BrF3NO3/c1-3-26(4-2)11-15-16(27)10-9-14-18(28)17(12-5-7-13(22)8-6-12)20(21(23,24)25)29-19(14)15/h5-10,27H,3-4,11H2,1-2H3. The molecule has 0 aliphatic carbocycles. The van der Waals surface area contributed by atoms with Crippen LogP contribution in [0.2, 0.25) is 0 Å².